The number of para-hydroxylation sites is 1. The average Bonchev–Trinajstić information content (AvgIpc) is 2.91. The molecule has 1 heterocycles. The molecule has 116 valence electrons. The van der Waals surface area contributed by atoms with E-state index >= 15 is 0 Å². The predicted octanol–water partition coefficient (Wildman–Crippen LogP) is 4.96. The Labute approximate surface area is 147 Å². The number of halogens is 1. The van der Waals surface area contributed by atoms with Gasteiger partial charge in [-0.05, 0) is 43.4 Å². The molecule has 3 aromatic rings. The monoisotopic (exact) mass is 361 g/mol. The van der Waals surface area contributed by atoms with Crippen molar-refractivity contribution in [2.45, 2.75) is 6.92 Å². The van der Waals surface area contributed by atoms with Crippen molar-refractivity contribution in [3.05, 3.63) is 53.1 Å². The SMILES string of the molecule is CC(=O)c1cccc(NC(=S)Nc2nc3c(Cl)cccc3s2)c1. The van der Waals surface area contributed by atoms with Crippen LogP contribution in [0.25, 0.3) is 10.2 Å². The van der Waals surface area contributed by atoms with Crippen LogP contribution in [-0.4, -0.2) is 15.9 Å². The molecule has 0 aliphatic heterocycles. The van der Waals surface area contributed by atoms with E-state index in [9.17, 15) is 4.79 Å². The van der Waals surface area contributed by atoms with Crippen molar-refractivity contribution in [3.8, 4) is 0 Å². The third kappa shape index (κ3) is 3.67. The lowest BCUT2D eigenvalue weighted by atomic mass is 10.1. The van der Waals surface area contributed by atoms with Crippen LogP contribution in [0.2, 0.25) is 5.02 Å². The topological polar surface area (TPSA) is 54.0 Å². The van der Waals surface area contributed by atoms with Crippen LogP contribution in [-0.2, 0) is 0 Å². The molecule has 23 heavy (non-hydrogen) atoms. The largest absolute Gasteiger partial charge is 0.332 e. The van der Waals surface area contributed by atoms with Gasteiger partial charge in [0, 0.05) is 11.3 Å². The molecule has 0 bridgehead atoms. The third-order valence-corrected chi connectivity index (χ3v) is 4.56. The van der Waals surface area contributed by atoms with Gasteiger partial charge in [0.2, 0.25) is 0 Å². The van der Waals surface area contributed by atoms with E-state index in [1.807, 2.05) is 18.2 Å². The molecule has 1 aromatic heterocycles. The zero-order valence-corrected chi connectivity index (χ0v) is 14.5. The number of thiazole rings is 1. The smallest absolute Gasteiger partial charge is 0.190 e. The minimum atomic E-state index is 0.00772. The van der Waals surface area contributed by atoms with Crippen molar-refractivity contribution in [2.75, 3.05) is 10.6 Å². The van der Waals surface area contributed by atoms with Gasteiger partial charge in [-0.2, -0.15) is 0 Å². The molecule has 0 atom stereocenters. The lowest BCUT2D eigenvalue weighted by molar-refractivity contribution is 0.101. The summed E-state index contributed by atoms with van der Waals surface area (Å²) in [7, 11) is 0. The van der Waals surface area contributed by atoms with Crippen molar-refractivity contribution in [2.24, 2.45) is 0 Å². The van der Waals surface area contributed by atoms with E-state index in [1.54, 1.807) is 24.3 Å². The maximum Gasteiger partial charge on any atom is 0.190 e. The van der Waals surface area contributed by atoms with Crippen molar-refractivity contribution in [1.29, 1.82) is 0 Å². The summed E-state index contributed by atoms with van der Waals surface area (Å²) in [6, 6.07) is 12.8. The van der Waals surface area contributed by atoms with Crippen LogP contribution in [0.3, 0.4) is 0 Å². The summed E-state index contributed by atoms with van der Waals surface area (Å²) in [6.45, 7) is 1.53. The van der Waals surface area contributed by atoms with Gasteiger partial charge in [0.05, 0.1) is 9.72 Å². The zero-order valence-electron chi connectivity index (χ0n) is 12.1. The fourth-order valence-corrected chi connectivity index (χ4v) is 3.49. The van der Waals surface area contributed by atoms with Gasteiger partial charge in [-0.3, -0.25) is 4.79 Å². The van der Waals surface area contributed by atoms with Gasteiger partial charge in [0.25, 0.3) is 0 Å². The third-order valence-electron chi connectivity index (χ3n) is 3.12. The van der Waals surface area contributed by atoms with Crippen LogP contribution in [0.1, 0.15) is 17.3 Å². The van der Waals surface area contributed by atoms with Crippen molar-refractivity contribution < 1.29 is 4.79 Å². The number of carbonyl (C=O) groups excluding carboxylic acids is 1. The highest BCUT2D eigenvalue weighted by Crippen LogP contribution is 2.30. The Kier molecular flexibility index (Phi) is 4.56. The Balaban J connectivity index is 1.74. The van der Waals surface area contributed by atoms with E-state index in [0.717, 1.165) is 15.9 Å². The van der Waals surface area contributed by atoms with Crippen molar-refractivity contribution in [3.63, 3.8) is 0 Å². The first-order valence-corrected chi connectivity index (χ1v) is 8.37. The van der Waals surface area contributed by atoms with Gasteiger partial charge in [-0.1, -0.05) is 41.1 Å². The van der Waals surface area contributed by atoms with Crippen molar-refractivity contribution in [1.82, 2.24) is 4.98 Å². The number of benzene rings is 2. The lowest BCUT2D eigenvalue weighted by Crippen LogP contribution is -2.19. The number of carbonyl (C=O) groups is 1. The molecule has 0 saturated carbocycles. The molecule has 0 aliphatic rings. The number of aromatic nitrogens is 1. The minimum absolute atomic E-state index is 0.00772. The number of hydrogen-bond acceptors (Lipinski definition) is 4. The normalized spacial score (nSPS) is 10.5. The molecule has 0 fully saturated rings. The average molecular weight is 362 g/mol. The predicted molar refractivity (Wildman–Crippen MR) is 101 cm³/mol. The Morgan fingerprint density at radius 1 is 1.22 bits per heavy atom. The molecule has 0 saturated heterocycles. The fourth-order valence-electron chi connectivity index (χ4n) is 2.04. The van der Waals surface area contributed by atoms with Gasteiger partial charge < -0.3 is 10.6 Å². The second-order valence-electron chi connectivity index (χ2n) is 4.82. The summed E-state index contributed by atoms with van der Waals surface area (Å²) < 4.78 is 0.987. The van der Waals surface area contributed by atoms with Gasteiger partial charge in [-0.15, -0.1) is 0 Å². The number of rotatable bonds is 3. The van der Waals surface area contributed by atoms with Crippen LogP contribution in [0, 0.1) is 0 Å². The number of nitrogens with one attached hydrogen (secondary N) is 2. The van der Waals surface area contributed by atoms with E-state index < -0.39 is 0 Å². The van der Waals surface area contributed by atoms with Crippen LogP contribution in [0.4, 0.5) is 10.8 Å². The number of Topliss-reactive ketones (excluding diaryl/α,β-unsaturated/α-hetero) is 1. The molecule has 4 nitrogen and oxygen atoms in total. The van der Waals surface area contributed by atoms with E-state index in [4.69, 9.17) is 23.8 Å². The van der Waals surface area contributed by atoms with Gasteiger partial charge >= 0.3 is 0 Å². The molecular weight excluding hydrogens is 350 g/mol. The molecule has 2 aromatic carbocycles. The molecule has 3 rings (SSSR count). The Morgan fingerprint density at radius 3 is 2.74 bits per heavy atom. The number of anilines is 2. The first-order valence-electron chi connectivity index (χ1n) is 6.77. The number of ketones is 1. The van der Waals surface area contributed by atoms with Gasteiger partial charge in [-0.25, -0.2) is 4.98 Å². The highest BCUT2D eigenvalue weighted by molar-refractivity contribution is 7.80. The summed E-state index contributed by atoms with van der Waals surface area (Å²) in [5.41, 5.74) is 2.13. The number of nitrogens with zero attached hydrogens (tertiary/aromatic N) is 1. The van der Waals surface area contributed by atoms with E-state index in [2.05, 4.69) is 15.6 Å². The Morgan fingerprint density at radius 2 is 2.00 bits per heavy atom. The molecule has 0 spiro atoms. The Bertz CT molecular complexity index is 907. The zero-order chi connectivity index (χ0) is 16.4. The second kappa shape index (κ2) is 6.62. The van der Waals surface area contributed by atoms with E-state index in [1.165, 1.54) is 18.3 Å². The summed E-state index contributed by atoms with van der Waals surface area (Å²) >= 11 is 12.9. The fraction of sp³-hybridized carbons (Fsp3) is 0.0625. The lowest BCUT2D eigenvalue weighted by Gasteiger charge is -2.09. The highest BCUT2D eigenvalue weighted by atomic mass is 35.5. The Hall–Kier alpha value is -2.02. The van der Waals surface area contributed by atoms with Gasteiger partial charge in [0.15, 0.2) is 16.0 Å². The van der Waals surface area contributed by atoms with Crippen LogP contribution in [0.15, 0.2) is 42.5 Å². The van der Waals surface area contributed by atoms with E-state index in [-0.39, 0.29) is 5.78 Å². The maximum absolute atomic E-state index is 11.4. The number of thiocarbonyl (C=S) groups is 1. The van der Waals surface area contributed by atoms with Crippen molar-refractivity contribution >= 4 is 67.1 Å². The number of fused-ring (bicyclic) bond motifs is 1. The molecule has 0 aliphatic carbocycles. The number of hydrogen-bond donors (Lipinski definition) is 2. The first kappa shape index (κ1) is 15.9. The first-order chi connectivity index (χ1) is 11.0. The maximum atomic E-state index is 11.4. The summed E-state index contributed by atoms with van der Waals surface area (Å²) in [5.74, 6) is 0.00772. The van der Waals surface area contributed by atoms with Crippen LogP contribution >= 0.6 is 35.2 Å². The van der Waals surface area contributed by atoms with E-state index in [0.29, 0.717) is 20.8 Å². The quantitative estimate of drug-likeness (QED) is 0.510. The summed E-state index contributed by atoms with van der Waals surface area (Å²) in [4.78, 5) is 15.8. The molecule has 0 amide bonds. The standard InChI is InChI=1S/C16H12ClN3OS2/c1-9(21)10-4-2-5-11(8-10)18-15(22)20-16-19-14-12(17)6-3-7-13(14)23-16/h2-8H,1H3,(H2,18,19,20,22). The highest BCUT2D eigenvalue weighted by Gasteiger charge is 2.08. The second-order valence-corrected chi connectivity index (χ2v) is 6.67. The van der Waals surface area contributed by atoms with Crippen LogP contribution < -0.4 is 10.6 Å². The van der Waals surface area contributed by atoms with Crippen LogP contribution in [0.5, 0.6) is 0 Å². The summed E-state index contributed by atoms with van der Waals surface area (Å²) in [6.07, 6.45) is 0. The van der Waals surface area contributed by atoms with Gasteiger partial charge in [0.1, 0.15) is 5.52 Å². The molecule has 0 unspecified atom stereocenters. The molecule has 2 N–H and O–H groups in total. The molecular formula is C16H12ClN3OS2. The molecule has 7 heteroatoms. The minimum Gasteiger partial charge on any atom is -0.332 e. The summed E-state index contributed by atoms with van der Waals surface area (Å²) in [5, 5.41) is 7.76. The molecule has 0 radical (unpaired) electrons.